The second-order valence-corrected chi connectivity index (χ2v) is 7.79. The topological polar surface area (TPSA) is 49.9 Å². The van der Waals surface area contributed by atoms with E-state index in [-0.39, 0.29) is 17.2 Å². The largest absolute Gasteiger partial charge is 0.497 e. The van der Waals surface area contributed by atoms with Crippen molar-refractivity contribution in [3.63, 3.8) is 0 Å². The lowest BCUT2D eigenvalue weighted by molar-refractivity contribution is -0.145. The van der Waals surface area contributed by atoms with E-state index in [0.29, 0.717) is 24.4 Å². The summed E-state index contributed by atoms with van der Waals surface area (Å²) in [5, 5.41) is 0. The van der Waals surface area contributed by atoms with Crippen molar-refractivity contribution in [3.8, 4) is 5.75 Å². The van der Waals surface area contributed by atoms with E-state index in [1.807, 2.05) is 23.1 Å². The molecular formula is C20H26N2O3. The maximum atomic E-state index is 13.1. The Labute approximate surface area is 148 Å². The summed E-state index contributed by atoms with van der Waals surface area (Å²) < 4.78 is 5.22. The molecule has 2 saturated heterocycles. The number of hydrogen-bond acceptors (Lipinski definition) is 3. The fourth-order valence-corrected chi connectivity index (χ4v) is 4.30. The Balaban J connectivity index is 1.47. The van der Waals surface area contributed by atoms with Gasteiger partial charge in [-0.3, -0.25) is 9.59 Å². The Morgan fingerprint density at radius 3 is 2.88 bits per heavy atom. The van der Waals surface area contributed by atoms with Gasteiger partial charge in [0.2, 0.25) is 5.91 Å². The quantitative estimate of drug-likeness (QED) is 0.845. The Morgan fingerprint density at radius 2 is 2.12 bits per heavy atom. The third kappa shape index (κ3) is 3.12. The van der Waals surface area contributed by atoms with Gasteiger partial charge in [-0.25, -0.2) is 0 Å². The fourth-order valence-electron chi connectivity index (χ4n) is 4.30. The van der Waals surface area contributed by atoms with Gasteiger partial charge in [0.05, 0.1) is 12.5 Å². The highest BCUT2D eigenvalue weighted by Crippen LogP contribution is 2.42. The van der Waals surface area contributed by atoms with Crippen LogP contribution >= 0.6 is 0 Å². The van der Waals surface area contributed by atoms with E-state index in [0.717, 1.165) is 38.3 Å². The molecule has 1 unspecified atom stereocenters. The average molecular weight is 342 g/mol. The van der Waals surface area contributed by atoms with Crippen LogP contribution in [0.4, 0.5) is 0 Å². The number of ether oxygens (including phenoxy) is 1. The molecule has 5 nitrogen and oxygen atoms in total. The number of nitrogens with zero attached hydrogens (tertiary/aromatic N) is 2. The number of methoxy groups -OCH3 is 1. The summed E-state index contributed by atoms with van der Waals surface area (Å²) in [5.41, 5.74) is 0.288. The molecule has 134 valence electrons. The molecule has 0 N–H and O–H groups in total. The number of rotatable bonds is 4. The molecule has 0 aromatic heterocycles. The van der Waals surface area contributed by atoms with Crippen LogP contribution in [0.25, 0.3) is 0 Å². The summed E-state index contributed by atoms with van der Waals surface area (Å²) in [4.78, 5) is 29.9. The molecule has 2 amide bonds. The van der Waals surface area contributed by atoms with E-state index < -0.39 is 0 Å². The number of benzene rings is 1. The monoisotopic (exact) mass is 342 g/mol. The van der Waals surface area contributed by atoms with Crippen LogP contribution in [0.1, 0.15) is 42.5 Å². The lowest BCUT2D eigenvalue weighted by Crippen LogP contribution is -2.50. The number of likely N-dealkylation sites (tertiary alicyclic amines) is 2. The van der Waals surface area contributed by atoms with Crippen LogP contribution in [-0.2, 0) is 4.79 Å². The van der Waals surface area contributed by atoms with Gasteiger partial charge in [0, 0.05) is 31.7 Å². The summed E-state index contributed by atoms with van der Waals surface area (Å²) in [5.74, 6) is 1.69. The number of piperidine rings is 1. The second kappa shape index (κ2) is 6.36. The predicted octanol–water partition coefficient (Wildman–Crippen LogP) is 2.56. The maximum Gasteiger partial charge on any atom is 0.254 e. The van der Waals surface area contributed by atoms with Gasteiger partial charge in [0.25, 0.3) is 5.91 Å². The van der Waals surface area contributed by atoms with Crippen LogP contribution in [0.5, 0.6) is 5.75 Å². The zero-order chi connectivity index (χ0) is 17.4. The molecule has 3 aliphatic rings. The van der Waals surface area contributed by atoms with Crippen LogP contribution in [0.2, 0.25) is 0 Å². The number of carbonyl (C=O) groups excluding carboxylic acids is 2. The smallest absolute Gasteiger partial charge is 0.254 e. The van der Waals surface area contributed by atoms with E-state index in [9.17, 15) is 9.59 Å². The van der Waals surface area contributed by atoms with Crippen molar-refractivity contribution in [2.24, 2.45) is 11.3 Å². The van der Waals surface area contributed by atoms with Crippen molar-refractivity contribution in [2.45, 2.75) is 32.1 Å². The zero-order valence-electron chi connectivity index (χ0n) is 14.9. The van der Waals surface area contributed by atoms with E-state index >= 15 is 0 Å². The fraction of sp³-hybridized carbons (Fsp3) is 0.600. The van der Waals surface area contributed by atoms with Crippen LogP contribution in [0.15, 0.2) is 24.3 Å². The van der Waals surface area contributed by atoms with Gasteiger partial charge in [-0.1, -0.05) is 6.07 Å². The Kier molecular flexibility index (Phi) is 4.18. The highest BCUT2D eigenvalue weighted by Gasteiger charge is 2.50. The van der Waals surface area contributed by atoms with Crippen molar-refractivity contribution >= 4 is 11.8 Å². The van der Waals surface area contributed by atoms with Gasteiger partial charge in [-0.05, 0) is 56.2 Å². The Morgan fingerprint density at radius 1 is 1.28 bits per heavy atom. The lowest BCUT2D eigenvalue weighted by atomic mass is 9.78. The SMILES string of the molecule is COc1cccc(C(=O)N2CCC3(CCCN(CC4CC4)C3=O)C2)c1. The van der Waals surface area contributed by atoms with Crippen LogP contribution in [0, 0.1) is 11.3 Å². The number of hydrogen-bond donors (Lipinski definition) is 0. The molecule has 3 fully saturated rings. The standard InChI is InChI=1S/C20H26N2O3/c1-25-17-5-2-4-16(12-17)18(23)22-11-9-20(14-22)8-3-10-21(19(20)24)13-15-6-7-15/h2,4-5,12,15H,3,6-11,13-14H2,1H3. The first-order chi connectivity index (χ1) is 12.1. The van der Waals surface area contributed by atoms with Crippen molar-refractivity contribution in [3.05, 3.63) is 29.8 Å². The highest BCUT2D eigenvalue weighted by molar-refractivity contribution is 5.96. The van der Waals surface area contributed by atoms with Gasteiger partial charge in [-0.2, -0.15) is 0 Å². The molecule has 1 aromatic carbocycles. The summed E-state index contributed by atoms with van der Waals surface area (Å²) in [6, 6.07) is 7.26. The van der Waals surface area contributed by atoms with Crippen LogP contribution in [0.3, 0.4) is 0 Å². The zero-order valence-corrected chi connectivity index (χ0v) is 14.9. The number of amides is 2. The number of carbonyl (C=O) groups is 2. The molecule has 4 rings (SSSR count). The molecule has 2 aliphatic heterocycles. The molecule has 0 radical (unpaired) electrons. The first kappa shape index (κ1) is 16.4. The van der Waals surface area contributed by atoms with Crippen molar-refractivity contribution < 1.29 is 14.3 Å². The molecule has 0 bridgehead atoms. The minimum absolute atomic E-state index is 0.00268. The predicted molar refractivity (Wildman–Crippen MR) is 94.5 cm³/mol. The molecule has 1 saturated carbocycles. The van der Waals surface area contributed by atoms with Crippen molar-refractivity contribution in [1.82, 2.24) is 9.80 Å². The normalized spacial score (nSPS) is 26.4. The van der Waals surface area contributed by atoms with Gasteiger partial charge in [0.15, 0.2) is 0 Å². The molecule has 1 aromatic rings. The molecule has 1 spiro atoms. The van der Waals surface area contributed by atoms with E-state index in [2.05, 4.69) is 4.90 Å². The molecule has 1 aliphatic carbocycles. The van der Waals surface area contributed by atoms with E-state index in [1.54, 1.807) is 13.2 Å². The van der Waals surface area contributed by atoms with E-state index in [4.69, 9.17) is 4.74 Å². The molecule has 2 heterocycles. The Hall–Kier alpha value is -2.04. The summed E-state index contributed by atoms with van der Waals surface area (Å²) in [7, 11) is 1.60. The van der Waals surface area contributed by atoms with Gasteiger partial charge < -0.3 is 14.5 Å². The third-order valence-corrected chi connectivity index (χ3v) is 5.96. The summed E-state index contributed by atoms with van der Waals surface area (Å²) in [6.07, 6.45) is 5.28. The molecule has 5 heteroatoms. The summed E-state index contributed by atoms with van der Waals surface area (Å²) >= 11 is 0. The highest BCUT2D eigenvalue weighted by atomic mass is 16.5. The molecular weight excluding hydrogens is 316 g/mol. The average Bonchev–Trinajstić information content (AvgIpc) is 3.36. The van der Waals surface area contributed by atoms with Crippen LogP contribution < -0.4 is 4.74 Å². The second-order valence-electron chi connectivity index (χ2n) is 7.79. The lowest BCUT2D eigenvalue weighted by Gasteiger charge is -2.39. The van der Waals surface area contributed by atoms with Gasteiger partial charge in [0.1, 0.15) is 5.75 Å². The minimum Gasteiger partial charge on any atom is -0.497 e. The maximum absolute atomic E-state index is 13.1. The minimum atomic E-state index is -0.346. The first-order valence-electron chi connectivity index (χ1n) is 9.34. The van der Waals surface area contributed by atoms with Gasteiger partial charge >= 0.3 is 0 Å². The van der Waals surface area contributed by atoms with E-state index in [1.165, 1.54) is 12.8 Å². The molecule has 1 atom stereocenters. The van der Waals surface area contributed by atoms with Gasteiger partial charge in [-0.15, -0.1) is 0 Å². The van der Waals surface area contributed by atoms with Crippen molar-refractivity contribution in [1.29, 1.82) is 0 Å². The molecule has 25 heavy (non-hydrogen) atoms. The van der Waals surface area contributed by atoms with Crippen LogP contribution in [-0.4, -0.2) is 54.9 Å². The third-order valence-electron chi connectivity index (χ3n) is 5.96. The van der Waals surface area contributed by atoms with Crippen molar-refractivity contribution in [2.75, 3.05) is 33.3 Å². The Bertz CT molecular complexity index is 685. The summed E-state index contributed by atoms with van der Waals surface area (Å²) in [6.45, 7) is 3.04. The first-order valence-corrected chi connectivity index (χ1v) is 9.34.